The molecule has 1 N–H and O–H groups in total. The molecule has 4 aromatic rings. The lowest BCUT2D eigenvalue weighted by Gasteiger charge is -2.18. The van der Waals surface area contributed by atoms with Gasteiger partial charge in [0.15, 0.2) is 0 Å². The van der Waals surface area contributed by atoms with Crippen LogP contribution in [0.5, 0.6) is 0 Å². The zero-order valence-corrected chi connectivity index (χ0v) is 16.0. The van der Waals surface area contributed by atoms with Crippen LogP contribution in [0.1, 0.15) is 29.0 Å². The van der Waals surface area contributed by atoms with Gasteiger partial charge in [-0.3, -0.25) is 9.78 Å². The lowest BCUT2D eigenvalue weighted by Crippen LogP contribution is -2.25. The number of hydrogen-bond acceptors (Lipinski definition) is 3. The van der Waals surface area contributed by atoms with Gasteiger partial charge >= 0.3 is 0 Å². The molecule has 0 bridgehead atoms. The minimum atomic E-state index is 0.00566. The molecule has 0 aliphatic heterocycles. The molecule has 4 heteroatoms. The van der Waals surface area contributed by atoms with E-state index in [1.54, 1.807) is 18.7 Å². The molecule has 0 aliphatic rings. The van der Waals surface area contributed by atoms with Crippen molar-refractivity contribution in [2.75, 3.05) is 0 Å². The van der Waals surface area contributed by atoms with Crippen molar-refractivity contribution >= 4 is 5.91 Å². The van der Waals surface area contributed by atoms with Crippen LogP contribution in [-0.2, 0) is 11.3 Å². The Balaban J connectivity index is 1.44. The summed E-state index contributed by atoms with van der Waals surface area (Å²) in [6.07, 6.45) is 5.54. The monoisotopic (exact) mass is 382 g/mol. The van der Waals surface area contributed by atoms with Crippen molar-refractivity contribution in [3.05, 3.63) is 114 Å². The minimum absolute atomic E-state index is 0.00566. The molecule has 29 heavy (non-hydrogen) atoms. The fourth-order valence-electron chi connectivity index (χ4n) is 3.42. The Labute approximate surface area is 170 Å². The molecule has 0 radical (unpaired) electrons. The summed E-state index contributed by atoms with van der Waals surface area (Å²) in [7, 11) is 0. The van der Waals surface area contributed by atoms with Crippen molar-refractivity contribution in [2.45, 2.75) is 18.9 Å². The number of hydrogen-bond donors (Lipinski definition) is 1. The third kappa shape index (κ3) is 4.79. The molecule has 0 spiro atoms. The van der Waals surface area contributed by atoms with Gasteiger partial charge in [-0.1, -0.05) is 60.7 Å². The van der Waals surface area contributed by atoms with Gasteiger partial charge in [0.1, 0.15) is 5.76 Å². The van der Waals surface area contributed by atoms with E-state index < -0.39 is 0 Å². The van der Waals surface area contributed by atoms with Crippen LogP contribution >= 0.6 is 0 Å². The molecule has 1 amide bonds. The highest BCUT2D eigenvalue weighted by Gasteiger charge is 2.18. The van der Waals surface area contributed by atoms with Gasteiger partial charge in [0.25, 0.3) is 0 Å². The van der Waals surface area contributed by atoms with Crippen molar-refractivity contribution in [3.63, 3.8) is 0 Å². The average molecular weight is 382 g/mol. The SMILES string of the molecule is O=C(CC(c1ccccc1)c1ccccc1)NCc1cncc(-c2ccco2)c1. The van der Waals surface area contributed by atoms with E-state index in [1.807, 2.05) is 54.6 Å². The fourth-order valence-corrected chi connectivity index (χ4v) is 3.42. The van der Waals surface area contributed by atoms with E-state index >= 15 is 0 Å². The van der Waals surface area contributed by atoms with E-state index in [0.29, 0.717) is 13.0 Å². The van der Waals surface area contributed by atoms with Crippen LogP contribution in [0, 0.1) is 0 Å². The zero-order valence-electron chi connectivity index (χ0n) is 16.0. The predicted octanol–water partition coefficient (Wildman–Crippen LogP) is 5.18. The maximum absolute atomic E-state index is 12.7. The number of aromatic nitrogens is 1. The predicted molar refractivity (Wildman–Crippen MR) is 113 cm³/mol. The Kier molecular flexibility index (Phi) is 5.81. The quantitative estimate of drug-likeness (QED) is 0.479. The molecular weight excluding hydrogens is 360 g/mol. The molecule has 2 heterocycles. The topological polar surface area (TPSA) is 55.1 Å². The third-order valence-electron chi connectivity index (χ3n) is 4.88. The summed E-state index contributed by atoms with van der Waals surface area (Å²) >= 11 is 0. The van der Waals surface area contributed by atoms with Crippen LogP contribution in [0.2, 0.25) is 0 Å². The van der Waals surface area contributed by atoms with E-state index in [0.717, 1.165) is 28.0 Å². The van der Waals surface area contributed by atoms with Crippen molar-refractivity contribution in [3.8, 4) is 11.3 Å². The number of nitrogens with one attached hydrogen (secondary N) is 1. The number of amides is 1. The Morgan fingerprint density at radius 1 is 0.897 bits per heavy atom. The van der Waals surface area contributed by atoms with Gasteiger partial charge in [-0.25, -0.2) is 0 Å². The Bertz CT molecular complexity index is 1010. The normalized spacial score (nSPS) is 10.8. The summed E-state index contributed by atoms with van der Waals surface area (Å²) < 4.78 is 5.42. The highest BCUT2D eigenvalue weighted by atomic mass is 16.3. The van der Waals surface area contributed by atoms with Crippen molar-refractivity contribution < 1.29 is 9.21 Å². The van der Waals surface area contributed by atoms with Gasteiger partial charge in [-0.2, -0.15) is 0 Å². The van der Waals surface area contributed by atoms with Crippen LogP contribution in [0.3, 0.4) is 0 Å². The second-order valence-electron chi connectivity index (χ2n) is 6.91. The smallest absolute Gasteiger partial charge is 0.221 e. The number of carbonyl (C=O) groups excluding carboxylic acids is 1. The van der Waals surface area contributed by atoms with Crippen molar-refractivity contribution in [2.24, 2.45) is 0 Å². The molecule has 4 rings (SSSR count). The van der Waals surface area contributed by atoms with Gasteiger partial charge < -0.3 is 9.73 Å². The number of rotatable bonds is 7. The number of nitrogens with zero attached hydrogens (tertiary/aromatic N) is 1. The molecule has 0 atom stereocenters. The highest BCUT2D eigenvalue weighted by Crippen LogP contribution is 2.28. The van der Waals surface area contributed by atoms with Crippen LogP contribution in [0.15, 0.2) is 102 Å². The van der Waals surface area contributed by atoms with Gasteiger partial charge in [-0.15, -0.1) is 0 Å². The summed E-state index contributed by atoms with van der Waals surface area (Å²) in [5.74, 6) is 0.787. The molecular formula is C25H22N2O2. The molecule has 2 aromatic heterocycles. The molecule has 2 aromatic carbocycles. The first-order chi connectivity index (χ1) is 14.3. The van der Waals surface area contributed by atoms with E-state index in [4.69, 9.17) is 4.42 Å². The van der Waals surface area contributed by atoms with Crippen LogP contribution in [-0.4, -0.2) is 10.9 Å². The summed E-state index contributed by atoms with van der Waals surface area (Å²) in [6, 6.07) is 26.0. The van der Waals surface area contributed by atoms with Gasteiger partial charge in [0.05, 0.1) is 6.26 Å². The highest BCUT2D eigenvalue weighted by molar-refractivity contribution is 5.77. The molecule has 4 nitrogen and oxygen atoms in total. The number of furan rings is 1. The minimum Gasteiger partial charge on any atom is -0.464 e. The largest absolute Gasteiger partial charge is 0.464 e. The Morgan fingerprint density at radius 2 is 1.59 bits per heavy atom. The third-order valence-corrected chi connectivity index (χ3v) is 4.88. The summed E-state index contributed by atoms with van der Waals surface area (Å²) in [5.41, 5.74) is 4.10. The lowest BCUT2D eigenvalue weighted by molar-refractivity contribution is -0.121. The first-order valence-corrected chi connectivity index (χ1v) is 9.64. The maximum atomic E-state index is 12.7. The second kappa shape index (κ2) is 9.02. The van der Waals surface area contributed by atoms with E-state index in [1.165, 1.54) is 0 Å². The Hall–Kier alpha value is -3.66. The van der Waals surface area contributed by atoms with Crippen molar-refractivity contribution in [1.82, 2.24) is 10.3 Å². The average Bonchev–Trinajstić information content (AvgIpc) is 3.33. The second-order valence-corrected chi connectivity index (χ2v) is 6.91. The molecule has 0 aliphatic carbocycles. The first kappa shape index (κ1) is 18.7. The molecule has 0 saturated heterocycles. The number of carbonyl (C=O) groups is 1. The zero-order chi connectivity index (χ0) is 19.9. The molecule has 0 fully saturated rings. The fraction of sp³-hybridized carbons (Fsp3) is 0.120. The Morgan fingerprint density at radius 3 is 2.21 bits per heavy atom. The van der Waals surface area contributed by atoms with Gasteiger partial charge in [-0.05, 0) is 34.9 Å². The van der Waals surface area contributed by atoms with E-state index in [2.05, 4.69) is 34.6 Å². The van der Waals surface area contributed by atoms with Crippen LogP contribution in [0.25, 0.3) is 11.3 Å². The number of pyridine rings is 1. The molecule has 144 valence electrons. The maximum Gasteiger partial charge on any atom is 0.221 e. The first-order valence-electron chi connectivity index (χ1n) is 9.64. The van der Waals surface area contributed by atoms with Gasteiger partial charge in [0.2, 0.25) is 5.91 Å². The summed E-state index contributed by atoms with van der Waals surface area (Å²) in [5, 5.41) is 3.03. The van der Waals surface area contributed by atoms with Crippen LogP contribution in [0.4, 0.5) is 0 Å². The molecule has 0 saturated carbocycles. The summed E-state index contributed by atoms with van der Waals surface area (Å²) in [6.45, 7) is 0.427. The summed E-state index contributed by atoms with van der Waals surface area (Å²) in [4.78, 5) is 17.0. The van der Waals surface area contributed by atoms with Gasteiger partial charge in [0, 0.05) is 36.8 Å². The van der Waals surface area contributed by atoms with Crippen LogP contribution < -0.4 is 5.32 Å². The lowest BCUT2D eigenvalue weighted by atomic mass is 9.88. The number of benzene rings is 2. The van der Waals surface area contributed by atoms with E-state index in [9.17, 15) is 4.79 Å². The standard InChI is InChI=1S/C25H22N2O2/c28-25(27-17-19-14-22(18-26-16-19)24-12-7-13-29-24)15-23(20-8-3-1-4-9-20)21-10-5-2-6-11-21/h1-14,16,18,23H,15,17H2,(H,27,28). The van der Waals surface area contributed by atoms with E-state index in [-0.39, 0.29) is 11.8 Å². The van der Waals surface area contributed by atoms with Crippen molar-refractivity contribution in [1.29, 1.82) is 0 Å². The molecule has 0 unspecified atom stereocenters.